The minimum absolute atomic E-state index is 0.238. The number of hydrogen-bond acceptors (Lipinski definition) is 3. The minimum Gasteiger partial charge on any atom is -0.321 e. The van der Waals surface area contributed by atoms with Crippen molar-refractivity contribution >= 4 is 11.6 Å². The maximum Gasteiger partial charge on any atom is 0.274 e. The molecule has 3 N–H and O–H groups in total. The van der Waals surface area contributed by atoms with E-state index in [2.05, 4.69) is 28.2 Å². The van der Waals surface area contributed by atoms with Crippen LogP contribution >= 0.6 is 0 Å². The van der Waals surface area contributed by atoms with Crippen LogP contribution < -0.4 is 11.1 Å². The van der Waals surface area contributed by atoms with Gasteiger partial charge in [-0.15, -0.1) is 0 Å². The summed E-state index contributed by atoms with van der Waals surface area (Å²) in [6.07, 6.45) is 1.57. The highest BCUT2D eigenvalue weighted by Crippen LogP contribution is 2.14. The van der Waals surface area contributed by atoms with Gasteiger partial charge in [-0.3, -0.25) is 4.79 Å². The zero-order valence-corrected chi connectivity index (χ0v) is 12.1. The highest BCUT2D eigenvalue weighted by atomic mass is 16.1. The first kappa shape index (κ1) is 14.8. The molecule has 4 nitrogen and oxygen atoms in total. The van der Waals surface area contributed by atoms with E-state index in [0.29, 0.717) is 12.2 Å². The second-order valence-corrected chi connectivity index (χ2v) is 4.77. The Balaban J connectivity index is 2.13. The van der Waals surface area contributed by atoms with Crippen molar-refractivity contribution in [1.82, 2.24) is 4.98 Å². The number of aromatic nitrogens is 1. The molecule has 0 aliphatic heterocycles. The van der Waals surface area contributed by atoms with E-state index in [1.54, 1.807) is 18.3 Å². The highest BCUT2D eigenvalue weighted by Gasteiger charge is 2.07. The van der Waals surface area contributed by atoms with Crippen molar-refractivity contribution in [3.05, 3.63) is 58.9 Å². The lowest BCUT2D eigenvalue weighted by Gasteiger charge is -2.07. The quantitative estimate of drug-likeness (QED) is 0.829. The van der Waals surface area contributed by atoms with E-state index in [1.807, 2.05) is 26.0 Å². The van der Waals surface area contributed by atoms with Crippen LogP contribution in [0.25, 0.3) is 0 Å². The molecule has 0 bridgehead atoms. The highest BCUT2D eigenvalue weighted by molar-refractivity contribution is 6.02. The molecule has 1 heterocycles. The molecule has 21 heavy (non-hydrogen) atoms. The van der Waals surface area contributed by atoms with E-state index in [1.165, 1.54) is 0 Å². The third-order valence-corrected chi connectivity index (χ3v) is 2.81. The first-order valence-corrected chi connectivity index (χ1v) is 6.63. The molecule has 2 rings (SSSR count). The fraction of sp³-hybridized carbons (Fsp3) is 0.176. The monoisotopic (exact) mass is 279 g/mol. The number of carbonyl (C=O) groups excluding carboxylic acids is 1. The predicted octanol–water partition coefficient (Wildman–Crippen LogP) is 2.26. The van der Waals surface area contributed by atoms with Gasteiger partial charge in [0.2, 0.25) is 0 Å². The normalized spacial score (nSPS) is 9.67. The van der Waals surface area contributed by atoms with Crippen molar-refractivity contribution < 1.29 is 4.79 Å². The molecule has 0 aliphatic rings. The Hall–Kier alpha value is -2.64. The molecular formula is C17H17N3O. The third-order valence-electron chi connectivity index (χ3n) is 2.81. The Morgan fingerprint density at radius 3 is 2.52 bits per heavy atom. The summed E-state index contributed by atoms with van der Waals surface area (Å²) in [4.78, 5) is 16.2. The van der Waals surface area contributed by atoms with Gasteiger partial charge in [0, 0.05) is 17.4 Å². The molecule has 2 aromatic rings. The van der Waals surface area contributed by atoms with E-state index in [4.69, 9.17) is 5.73 Å². The van der Waals surface area contributed by atoms with Crippen molar-refractivity contribution in [2.45, 2.75) is 13.8 Å². The average molecular weight is 279 g/mol. The standard InChI is InChI=1S/C17H17N3O/c1-12-8-13(2)10-15(9-12)20-17(21)16-6-5-14(11-19-16)4-3-7-18/h5-6,8-11H,7,18H2,1-2H3,(H,20,21). The van der Waals surface area contributed by atoms with Crippen LogP contribution in [-0.4, -0.2) is 17.4 Å². The van der Waals surface area contributed by atoms with Crippen LogP contribution in [0.1, 0.15) is 27.2 Å². The second kappa shape index (κ2) is 6.69. The average Bonchev–Trinajstić information content (AvgIpc) is 2.44. The van der Waals surface area contributed by atoms with Gasteiger partial charge in [0.25, 0.3) is 5.91 Å². The molecule has 4 heteroatoms. The van der Waals surface area contributed by atoms with Gasteiger partial charge in [-0.05, 0) is 49.2 Å². The number of anilines is 1. The molecule has 106 valence electrons. The molecule has 0 spiro atoms. The smallest absolute Gasteiger partial charge is 0.274 e. The zero-order chi connectivity index (χ0) is 15.2. The van der Waals surface area contributed by atoms with Crippen LogP contribution in [0.2, 0.25) is 0 Å². The second-order valence-electron chi connectivity index (χ2n) is 4.77. The molecule has 1 aromatic carbocycles. The molecule has 1 aromatic heterocycles. The summed E-state index contributed by atoms with van der Waals surface area (Å²) in [6.45, 7) is 4.28. The first-order chi connectivity index (χ1) is 10.1. The maximum atomic E-state index is 12.1. The predicted molar refractivity (Wildman–Crippen MR) is 84.0 cm³/mol. The molecule has 0 aliphatic carbocycles. The van der Waals surface area contributed by atoms with Gasteiger partial charge in [-0.25, -0.2) is 4.98 Å². The summed E-state index contributed by atoms with van der Waals surface area (Å²) < 4.78 is 0. The Bertz CT molecular complexity index is 689. The van der Waals surface area contributed by atoms with E-state index in [-0.39, 0.29) is 5.91 Å². The number of aryl methyl sites for hydroxylation is 2. The first-order valence-electron chi connectivity index (χ1n) is 6.63. The van der Waals surface area contributed by atoms with Crippen molar-refractivity contribution in [3.63, 3.8) is 0 Å². The van der Waals surface area contributed by atoms with Crippen LogP contribution in [0.15, 0.2) is 36.5 Å². The van der Waals surface area contributed by atoms with Crippen molar-refractivity contribution in [1.29, 1.82) is 0 Å². The molecular weight excluding hydrogens is 262 g/mol. The number of nitrogens with zero attached hydrogens (tertiary/aromatic N) is 1. The fourth-order valence-corrected chi connectivity index (χ4v) is 2.00. The van der Waals surface area contributed by atoms with Gasteiger partial charge in [0.15, 0.2) is 0 Å². The number of pyridine rings is 1. The fourth-order valence-electron chi connectivity index (χ4n) is 2.00. The Kier molecular flexibility index (Phi) is 4.70. The Morgan fingerprint density at radius 1 is 1.24 bits per heavy atom. The minimum atomic E-state index is -0.238. The van der Waals surface area contributed by atoms with Gasteiger partial charge in [-0.1, -0.05) is 17.9 Å². The van der Waals surface area contributed by atoms with Crippen LogP contribution in [0.5, 0.6) is 0 Å². The number of carbonyl (C=O) groups is 1. The summed E-state index contributed by atoms with van der Waals surface area (Å²) in [5.41, 5.74) is 9.37. The summed E-state index contributed by atoms with van der Waals surface area (Å²) in [5, 5.41) is 2.85. The van der Waals surface area contributed by atoms with Gasteiger partial charge >= 0.3 is 0 Å². The van der Waals surface area contributed by atoms with Crippen molar-refractivity contribution in [2.24, 2.45) is 5.73 Å². The van der Waals surface area contributed by atoms with Crippen LogP contribution in [-0.2, 0) is 0 Å². The zero-order valence-electron chi connectivity index (χ0n) is 12.1. The van der Waals surface area contributed by atoms with E-state index < -0.39 is 0 Å². The maximum absolute atomic E-state index is 12.1. The number of nitrogens with one attached hydrogen (secondary N) is 1. The topological polar surface area (TPSA) is 68.0 Å². The van der Waals surface area contributed by atoms with Gasteiger partial charge in [-0.2, -0.15) is 0 Å². The number of rotatable bonds is 2. The van der Waals surface area contributed by atoms with Crippen molar-refractivity contribution in [2.75, 3.05) is 11.9 Å². The summed E-state index contributed by atoms with van der Waals surface area (Å²) >= 11 is 0. The van der Waals surface area contributed by atoms with Crippen LogP contribution in [0.4, 0.5) is 5.69 Å². The van der Waals surface area contributed by atoms with Crippen molar-refractivity contribution in [3.8, 4) is 11.8 Å². The number of hydrogen-bond donors (Lipinski definition) is 2. The van der Waals surface area contributed by atoms with E-state index in [9.17, 15) is 4.79 Å². The Labute approximate surface area is 124 Å². The SMILES string of the molecule is Cc1cc(C)cc(NC(=O)c2ccc(C#CCN)cn2)c1. The van der Waals surface area contributed by atoms with Gasteiger partial charge in [0.1, 0.15) is 5.69 Å². The number of nitrogens with two attached hydrogens (primary N) is 1. The molecule has 0 fully saturated rings. The lowest BCUT2D eigenvalue weighted by atomic mass is 10.1. The lowest BCUT2D eigenvalue weighted by Crippen LogP contribution is -2.13. The molecule has 1 amide bonds. The molecule has 0 radical (unpaired) electrons. The summed E-state index contributed by atoms with van der Waals surface area (Å²) in [6, 6.07) is 9.31. The van der Waals surface area contributed by atoms with Gasteiger partial charge in [0.05, 0.1) is 6.54 Å². The van der Waals surface area contributed by atoms with Crippen LogP contribution in [0.3, 0.4) is 0 Å². The molecule has 0 saturated carbocycles. The summed E-state index contributed by atoms with van der Waals surface area (Å²) in [5.74, 6) is 5.37. The summed E-state index contributed by atoms with van der Waals surface area (Å²) in [7, 11) is 0. The molecule has 0 atom stereocenters. The largest absolute Gasteiger partial charge is 0.321 e. The van der Waals surface area contributed by atoms with Gasteiger partial charge < -0.3 is 11.1 Å². The van der Waals surface area contributed by atoms with E-state index >= 15 is 0 Å². The lowest BCUT2D eigenvalue weighted by molar-refractivity contribution is 0.102. The number of benzene rings is 1. The number of amides is 1. The van der Waals surface area contributed by atoms with E-state index in [0.717, 1.165) is 22.4 Å². The Morgan fingerprint density at radius 2 is 1.95 bits per heavy atom. The van der Waals surface area contributed by atoms with Crippen LogP contribution in [0, 0.1) is 25.7 Å². The molecule has 0 unspecified atom stereocenters. The molecule has 0 saturated heterocycles. The third kappa shape index (κ3) is 4.16.